The number of anilines is 1. The highest BCUT2D eigenvalue weighted by Crippen LogP contribution is 2.36. The molecule has 0 aliphatic carbocycles. The number of fused-ring (bicyclic) bond motifs is 1. The zero-order valence-corrected chi connectivity index (χ0v) is 12.5. The number of methoxy groups -OCH3 is 1. The van der Waals surface area contributed by atoms with Gasteiger partial charge in [-0.1, -0.05) is 5.23 Å². The molecule has 23 heavy (non-hydrogen) atoms. The second kappa shape index (κ2) is 6.13. The van der Waals surface area contributed by atoms with Crippen LogP contribution in [0, 0.1) is 0 Å². The molecule has 1 aromatic rings. The van der Waals surface area contributed by atoms with E-state index in [0.29, 0.717) is 19.6 Å². The number of hydrogen-bond donors (Lipinski definition) is 2. The molecule has 1 unspecified atom stereocenters. The molecule has 9 heteroatoms. The van der Waals surface area contributed by atoms with Crippen molar-refractivity contribution < 1.29 is 29.1 Å². The number of ether oxygens (including phenoxy) is 1. The molecule has 0 bridgehead atoms. The Morgan fingerprint density at radius 2 is 2.09 bits per heavy atom. The van der Waals surface area contributed by atoms with Crippen molar-refractivity contribution in [3.05, 3.63) is 23.3 Å². The number of nitrogens with zero attached hydrogens (tertiary/aromatic N) is 2. The molecular weight excluding hydrogens is 306 g/mol. The third kappa shape index (κ3) is 2.63. The van der Waals surface area contributed by atoms with E-state index in [9.17, 15) is 14.7 Å². The summed E-state index contributed by atoms with van der Waals surface area (Å²) in [6.45, 7) is 0.968. The second-order valence-corrected chi connectivity index (χ2v) is 5.14. The minimum absolute atomic E-state index is 0.00790. The van der Waals surface area contributed by atoms with Gasteiger partial charge < -0.3 is 15.6 Å². The Morgan fingerprint density at radius 3 is 2.78 bits per heavy atom. The summed E-state index contributed by atoms with van der Waals surface area (Å²) in [6, 6.07) is 2.68. The van der Waals surface area contributed by atoms with Crippen LogP contribution < -0.4 is 5.73 Å². The molecule has 124 valence electrons. The van der Waals surface area contributed by atoms with Gasteiger partial charge in [0.25, 0.3) is 11.8 Å². The van der Waals surface area contributed by atoms with E-state index < -0.39 is 18.0 Å². The number of hydroxylamine groups is 2. The maximum atomic E-state index is 12.6. The van der Waals surface area contributed by atoms with Gasteiger partial charge in [-0.25, -0.2) is 9.74 Å². The van der Waals surface area contributed by atoms with Crippen LogP contribution in [0.3, 0.4) is 0 Å². The van der Waals surface area contributed by atoms with Crippen LogP contribution in [0.4, 0.5) is 5.69 Å². The first kappa shape index (κ1) is 15.7. The van der Waals surface area contributed by atoms with Gasteiger partial charge in [0.05, 0.1) is 30.9 Å². The molecule has 1 aromatic carbocycles. The van der Waals surface area contributed by atoms with E-state index in [2.05, 4.69) is 0 Å². The number of hydrogen-bond acceptors (Lipinski definition) is 8. The van der Waals surface area contributed by atoms with Crippen LogP contribution in [-0.4, -0.2) is 60.1 Å². The summed E-state index contributed by atoms with van der Waals surface area (Å²) in [4.78, 5) is 36.8. The number of imide groups is 1. The van der Waals surface area contributed by atoms with E-state index in [1.807, 2.05) is 0 Å². The van der Waals surface area contributed by atoms with Crippen LogP contribution in [0.5, 0.6) is 5.75 Å². The summed E-state index contributed by atoms with van der Waals surface area (Å²) in [5, 5.41) is 11.1. The van der Waals surface area contributed by atoms with Gasteiger partial charge >= 0.3 is 0 Å². The quantitative estimate of drug-likeness (QED) is 0.456. The Bertz CT molecular complexity index is 609. The lowest BCUT2D eigenvalue weighted by atomic mass is 10.1. The number of amides is 2. The molecule has 3 N–H and O–H groups in total. The van der Waals surface area contributed by atoms with E-state index in [4.69, 9.17) is 20.1 Å². The molecule has 9 nitrogen and oxygen atoms in total. The van der Waals surface area contributed by atoms with Gasteiger partial charge in [0.1, 0.15) is 5.75 Å². The maximum Gasteiger partial charge on any atom is 0.267 e. The largest absolute Gasteiger partial charge is 0.507 e. The number of nitrogen functional groups attached to an aromatic ring is 1. The Labute approximate surface area is 132 Å². The molecule has 3 rings (SSSR count). The van der Waals surface area contributed by atoms with Gasteiger partial charge in [0.2, 0.25) is 0 Å². The van der Waals surface area contributed by atoms with Crippen LogP contribution in [0.25, 0.3) is 0 Å². The first-order chi connectivity index (χ1) is 11.0. The number of phenols is 1. The van der Waals surface area contributed by atoms with E-state index >= 15 is 0 Å². The van der Waals surface area contributed by atoms with Gasteiger partial charge in [-0.3, -0.25) is 14.4 Å². The molecule has 0 spiro atoms. The number of aromatic hydroxyl groups is 1. The van der Waals surface area contributed by atoms with Crippen molar-refractivity contribution >= 4 is 17.5 Å². The van der Waals surface area contributed by atoms with E-state index in [1.165, 1.54) is 24.5 Å². The summed E-state index contributed by atoms with van der Waals surface area (Å²) >= 11 is 0. The number of phenolic OH excluding ortho intramolecular Hbond substituents is 1. The monoisotopic (exact) mass is 323 g/mol. The SMILES string of the molecule is COCCN1OCCC(N2C(=O)c3c(N)ccc(O)c3C2=O)O1. The highest BCUT2D eigenvalue weighted by atomic mass is 17.0. The molecule has 1 fully saturated rings. The average molecular weight is 323 g/mol. The molecular formula is C14H17N3O6. The van der Waals surface area contributed by atoms with E-state index in [0.717, 1.165) is 4.90 Å². The van der Waals surface area contributed by atoms with Gasteiger partial charge in [-0.05, 0) is 12.1 Å². The molecule has 2 heterocycles. The van der Waals surface area contributed by atoms with Crippen molar-refractivity contribution in [2.75, 3.05) is 32.6 Å². The molecule has 2 aliphatic rings. The third-order valence-electron chi connectivity index (χ3n) is 3.69. The minimum Gasteiger partial charge on any atom is -0.507 e. The van der Waals surface area contributed by atoms with E-state index in [-0.39, 0.29) is 29.2 Å². The van der Waals surface area contributed by atoms with Gasteiger partial charge in [-0.15, -0.1) is 0 Å². The fourth-order valence-corrected chi connectivity index (χ4v) is 2.58. The van der Waals surface area contributed by atoms with Crippen molar-refractivity contribution in [2.24, 2.45) is 0 Å². The molecule has 0 radical (unpaired) electrons. The number of rotatable bonds is 4. The lowest BCUT2D eigenvalue weighted by Crippen LogP contribution is -2.49. The molecule has 2 amide bonds. The zero-order chi connectivity index (χ0) is 16.6. The highest BCUT2D eigenvalue weighted by molar-refractivity contribution is 6.24. The van der Waals surface area contributed by atoms with Crippen LogP contribution in [0.15, 0.2) is 12.1 Å². The summed E-state index contributed by atoms with van der Waals surface area (Å²) in [5.41, 5.74) is 5.83. The molecule has 0 aromatic heterocycles. The number of benzene rings is 1. The lowest BCUT2D eigenvalue weighted by Gasteiger charge is -2.34. The number of nitrogens with two attached hydrogens (primary N) is 1. The molecule has 1 saturated heterocycles. The molecule has 0 saturated carbocycles. The van der Waals surface area contributed by atoms with Gasteiger partial charge in [0.15, 0.2) is 6.23 Å². The zero-order valence-electron chi connectivity index (χ0n) is 12.5. The van der Waals surface area contributed by atoms with Crippen molar-refractivity contribution in [3.8, 4) is 5.75 Å². The van der Waals surface area contributed by atoms with Crippen molar-refractivity contribution in [1.82, 2.24) is 10.1 Å². The van der Waals surface area contributed by atoms with Crippen LogP contribution in [-0.2, 0) is 14.4 Å². The predicted molar refractivity (Wildman–Crippen MR) is 77.0 cm³/mol. The fourth-order valence-electron chi connectivity index (χ4n) is 2.58. The molecule has 2 aliphatic heterocycles. The Balaban J connectivity index is 1.85. The number of carbonyl (C=O) groups excluding carboxylic acids is 2. The van der Waals surface area contributed by atoms with Crippen molar-refractivity contribution in [2.45, 2.75) is 12.6 Å². The lowest BCUT2D eigenvalue weighted by molar-refractivity contribution is -0.425. The summed E-state index contributed by atoms with van der Waals surface area (Å²) in [6.07, 6.45) is -0.512. The number of carbonyl (C=O) groups is 2. The van der Waals surface area contributed by atoms with Crippen molar-refractivity contribution in [3.63, 3.8) is 0 Å². The fraction of sp³-hybridized carbons (Fsp3) is 0.429. The first-order valence-electron chi connectivity index (χ1n) is 7.10. The maximum absolute atomic E-state index is 12.6. The standard InChI is InChI=1S/C14H17N3O6/c1-21-7-5-16-22-6-4-10(23-16)17-13(19)11-8(15)2-3-9(18)12(11)14(17)20/h2-3,10,18H,4-7,15H2,1H3. The Morgan fingerprint density at radius 1 is 1.35 bits per heavy atom. The Hall–Kier alpha value is -2.20. The predicted octanol–water partition coefficient (Wildman–Crippen LogP) is 0.112. The highest BCUT2D eigenvalue weighted by Gasteiger charge is 2.45. The van der Waals surface area contributed by atoms with Gasteiger partial charge in [-0.2, -0.15) is 0 Å². The van der Waals surface area contributed by atoms with E-state index in [1.54, 1.807) is 0 Å². The van der Waals surface area contributed by atoms with Crippen LogP contribution >= 0.6 is 0 Å². The normalized spacial score (nSPS) is 21.8. The Kier molecular flexibility index (Phi) is 4.18. The van der Waals surface area contributed by atoms with Crippen LogP contribution in [0.1, 0.15) is 27.1 Å². The van der Waals surface area contributed by atoms with Crippen LogP contribution in [0.2, 0.25) is 0 Å². The second-order valence-electron chi connectivity index (χ2n) is 5.14. The minimum atomic E-state index is -0.827. The smallest absolute Gasteiger partial charge is 0.267 e. The summed E-state index contributed by atoms with van der Waals surface area (Å²) in [5.74, 6) is -1.50. The topological polar surface area (TPSA) is 115 Å². The average Bonchev–Trinajstić information content (AvgIpc) is 2.81. The third-order valence-corrected chi connectivity index (χ3v) is 3.69. The first-order valence-corrected chi connectivity index (χ1v) is 7.10. The van der Waals surface area contributed by atoms with Crippen molar-refractivity contribution in [1.29, 1.82) is 0 Å². The summed E-state index contributed by atoms with van der Waals surface area (Å²) < 4.78 is 4.93. The molecule has 1 atom stereocenters. The van der Waals surface area contributed by atoms with Gasteiger partial charge in [0, 0.05) is 19.2 Å². The summed E-state index contributed by atoms with van der Waals surface area (Å²) in [7, 11) is 1.54.